The van der Waals surface area contributed by atoms with Crippen LogP contribution in [0.25, 0.3) is 0 Å². The molecule has 0 unspecified atom stereocenters. The third-order valence-corrected chi connectivity index (χ3v) is 4.09. The van der Waals surface area contributed by atoms with Gasteiger partial charge in [-0.1, -0.05) is 17.3 Å². The van der Waals surface area contributed by atoms with Gasteiger partial charge in [0.25, 0.3) is 0 Å². The first kappa shape index (κ1) is 15.6. The summed E-state index contributed by atoms with van der Waals surface area (Å²) in [7, 11) is 1.69. The first-order chi connectivity index (χ1) is 11.1. The maximum Gasteiger partial charge on any atom is 0.335 e. The highest BCUT2D eigenvalue weighted by Gasteiger charge is 2.36. The Morgan fingerprint density at radius 1 is 1.52 bits per heavy atom. The molecule has 1 aromatic carbocycles. The molecule has 1 fully saturated rings. The molecule has 1 aliphatic heterocycles. The minimum absolute atomic E-state index is 0.0189. The zero-order valence-corrected chi connectivity index (χ0v) is 13.1. The van der Waals surface area contributed by atoms with Crippen LogP contribution in [0.4, 0.5) is 0 Å². The molecule has 1 N–H and O–H groups in total. The summed E-state index contributed by atoms with van der Waals surface area (Å²) in [5.74, 6) is 0.261. The summed E-state index contributed by atoms with van der Waals surface area (Å²) < 4.78 is 10.8. The molecule has 2 heterocycles. The second-order valence-electron chi connectivity index (χ2n) is 5.72. The van der Waals surface area contributed by atoms with Gasteiger partial charge >= 0.3 is 5.97 Å². The SMILES string of the molecule is CO[C@H]1C[C@H](c2nc(C)no2)N(Cc2cccc(C(=O)O)c2)C1. The van der Waals surface area contributed by atoms with Crippen LogP contribution in [-0.4, -0.2) is 45.9 Å². The number of hydrogen-bond donors (Lipinski definition) is 1. The minimum Gasteiger partial charge on any atom is -0.478 e. The lowest BCUT2D eigenvalue weighted by Gasteiger charge is -2.21. The lowest BCUT2D eigenvalue weighted by atomic mass is 10.1. The van der Waals surface area contributed by atoms with Gasteiger partial charge in [0.05, 0.1) is 17.7 Å². The second-order valence-corrected chi connectivity index (χ2v) is 5.72. The normalized spacial score (nSPS) is 21.7. The van der Waals surface area contributed by atoms with Crippen LogP contribution in [0.2, 0.25) is 0 Å². The topological polar surface area (TPSA) is 88.7 Å². The predicted octanol–water partition coefficient (Wildman–Crippen LogP) is 2.04. The molecule has 122 valence electrons. The van der Waals surface area contributed by atoms with Crippen LogP contribution < -0.4 is 0 Å². The van der Waals surface area contributed by atoms with Gasteiger partial charge in [-0.25, -0.2) is 4.79 Å². The third kappa shape index (κ3) is 3.40. The van der Waals surface area contributed by atoms with Crippen molar-refractivity contribution in [3.63, 3.8) is 0 Å². The van der Waals surface area contributed by atoms with Gasteiger partial charge in [0.2, 0.25) is 5.89 Å². The van der Waals surface area contributed by atoms with E-state index in [0.717, 1.165) is 18.5 Å². The molecule has 0 saturated carbocycles. The summed E-state index contributed by atoms with van der Waals surface area (Å²) in [5, 5.41) is 13.0. The number of carboxylic acid groups (broad SMARTS) is 1. The largest absolute Gasteiger partial charge is 0.478 e. The molecule has 23 heavy (non-hydrogen) atoms. The minimum atomic E-state index is -0.924. The highest BCUT2D eigenvalue weighted by molar-refractivity contribution is 5.87. The fourth-order valence-electron chi connectivity index (χ4n) is 2.95. The number of aryl methyl sites for hydroxylation is 1. The summed E-state index contributed by atoms with van der Waals surface area (Å²) in [6.45, 7) is 3.13. The highest BCUT2D eigenvalue weighted by Crippen LogP contribution is 2.33. The molecule has 3 rings (SSSR count). The van der Waals surface area contributed by atoms with Crippen molar-refractivity contribution in [1.29, 1.82) is 0 Å². The Morgan fingerprint density at radius 2 is 2.35 bits per heavy atom. The van der Waals surface area contributed by atoms with E-state index in [0.29, 0.717) is 18.3 Å². The van der Waals surface area contributed by atoms with Crippen molar-refractivity contribution in [3.05, 3.63) is 47.1 Å². The molecule has 0 bridgehead atoms. The number of carbonyl (C=O) groups is 1. The van der Waals surface area contributed by atoms with E-state index in [2.05, 4.69) is 15.0 Å². The molecule has 0 radical (unpaired) electrons. The molecule has 7 nitrogen and oxygen atoms in total. The molecule has 2 atom stereocenters. The Hall–Kier alpha value is -2.25. The molecule has 1 saturated heterocycles. The number of rotatable bonds is 5. The molecule has 1 aromatic heterocycles. The zero-order chi connectivity index (χ0) is 16.4. The van der Waals surface area contributed by atoms with Crippen LogP contribution in [0.15, 0.2) is 28.8 Å². The number of carboxylic acids is 1. The Balaban J connectivity index is 1.81. The summed E-state index contributed by atoms with van der Waals surface area (Å²) in [6, 6.07) is 6.94. The molecular weight excluding hydrogens is 298 g/mol. The van der Waals surface area contributed by atoms with E-state index >= 15 is 0 Å². The fraction of sp³-hybridized carbons (Fsp3) is 0.438. The number of likely N-dealkylation sites (tertiary alicyclic amines) is 1. The van der Waals surface area contributed by atoms with E-state index in [1.54, 1.807) is 32.2 Å². The Bertz CT molecular complexity index is 700. The van der Waals surface area contributed by atoms with Crippen molar-refractivity contribution in [2.24, 2.45) is 0 Å². The monoisotopic (exact) mass is 317 g/mol. The Kier molecular flexibility index (Phi) is 4.40. The average molecular weight is 317 g/mol. The van der Waals surface area contributed by atoms with Crippen LogP contribution >= 0.6 is 0 Å². The molecular formula is C16H19N3O4. The van der Waals surface area contributed by atoms with Crippen molar-refractivity contribution in [2.75, 3.05) is 13.7 Å². The number of methoxy groups -OCH3 is 1. The maximum absolute atomic E-state index is 11.1. The number of aromatic nitrogens is 2. The van der Waals surface area contributed by atoms with E-state index in [-0.39, 0.29) is 17.7 Å². The van der Waals surface area contributed by atoms with Crippen molar-refractivity contribution in [2.45, 2.75) is 32.0 Å². The number of benzene rings is 1. The van der Waals surface area contributed by atoms with E-state index in [9.17, 15) is 4.79 Å². The molecule has 1 aliphatic rings. The molecule has 0 aliphatic carbocycles. The number of nitrogens with zero attached hydrogens (tertiary/aromatic N) is 3. The average Bonchev–Trinajstić information content (AvgIpc) is 3.13. The van der Waals surface area contributed by atoms with E-state index in [1.807, 2.05) is 6.07 Å². The Morgan fingerprint density at radius 3 is 3.00 bits per heavy atom. The first-order valence-corrected chi connectivity index (χ1v) is 7.46. The molecule has 0 amide bonds. The van der Waals surface area contributed by atoms with Gasteiger partial charge in [-0.2, -0.15) is 4.98 Å². The van der Waals surface area contributed by atoms with Crippen LogP contribution in [0.5, 0.6) is 0 Å². The lowest BCUT2D eigenvalue weighted by molar-refractivity contribution is 0.0696. The predicted molar refractivity (Wildman–Crippen MR) is 81.0 cm³/mol. The van der Waals surface area contributed by atoms with E-state index in [1.165, 1.54) is 0 Å². The lowest BCUT2D eigenvalue weighted by Crippen LogP contribution is -2.25. The van der Waals surface area contributed by atoms with Gasteiger partial charge < -0.3 is 14.4 Å². The van der Waals surface area contributed by atoms with Gasteiger partial charge in [0.15, 0.2) is 5.82 Å². The van der Waals surface area contributed by atoms with Crippen molar-refractivity contribution in [1.82, 2.24) is 15.0 Å². The molecule has 2 aromatic rings. The zero-order valence-electron chi connectivity index (χ0n) is 13.1. The smallest absolute Gasteiger partial charge is 0.335 e. The standard InChI is InChI=1S/C16H19N3O4/c1-10-17-15(23-18-10)14-7-13(22-2)9-19(14)8-11-4-3-5-12(6-11)16(20)21/h3-6,13-14H,7-9H2,1-2H3,(H,20,21)/t13-,14+/m0/s1. The van der Waals surface area contributed by atoms with E-state index in [4.69, 9.17) is 14.4 Å². The quantitative estimate of drug-likeness (QED) is 0.902. The second kappa shape index (κ2) is 6.47. The molecule has 0 spiro atoms. The first-order valence-electron chi connectivity index (χ1n) is 7.46. The van der Waals surface area contributed by atoms with Crippen LogP contribution in [0.3, 0.4) is 0 Å². The fourth-order valence-corrected chi connectivity index (χ4v) is 2.95. The van der Waals surface area contributed by atoms with Crippen molar-refractivity contribution < 1.29 is 19.2 Å². The van der Waals surface area contributed by atoms with Gasteiger partial charge in [0.1, 0.15) is 0 Å². The van der Waals surface area contributed by atoms with Crippen LogP contribution in [0.1, 0.15) is 40.1 Å². The van der Waals surface area contributed by atoms with Gasteiger partial charge in [-0.3, -0.25) is 4.90 Å². The van der Waals surface area contributed by atoms with Crippen molar-refractivity contribution >= 4 is 5.97 Å². The number of ether oxygens (including phenoxy) is 1. The Labute approximate surface area is 133 Å². The third-order valence-electron chi connectivity index (χ3n) is 4.09. The summed E-state index contributed by atoms with van der Waals surface area (Å²) >= 11 is 0. The van der Waals surface area contributed by atoms with Gasteiger partial charge in [-0.15, -0.1) is 0 Å². The number of aromatic carboxylic acids is 1. The molecule has 7 heteroatoms. The summed E-state index contributed by atoms with van der Waals surface area (Å²) in [4.78, 5) is 17.6. The highest BCUT2D eigenvalue weighted by atomic mass is 16.5. The van der Waals surface area contributed by atoms with Crippen molar-refractivity contribution in [3.8, 4) is 0 Å². The van der Waals surface area contributed by atoms with Crippen LogP contribution in [-0.2, 0) is 11.3 Å². The van der Waals surface area contributed by atoms with Gasteiger partial charge in [-0.05, 0) is 31.0 Å². The summed E-state index contributed by atoms with van der Waals surface area (Å²) in [5.41, 5.74) is 1.22. The number of hydrogen-bond acceptors (Lipinski definition) is 6. The van der Waals surface area contributed by atoms with E-state index < -0.39 is 5.97 Å². The van der Waals surface area contributed by atoms with Crippen LogP contribution in [0, 0.1) is 6.92 Å². The summed E-state index contributed by atoms with van der Waals surface area (Å²) in [6.07, 6.45) is 0.867. The van der Waals surface area contributed by atoms with Gasteiger partial charge in [0, 0.05) is 20.2 Å². The maximum atomic E-state index is 11.1.